The van der Waals surface area contributed by atoms with E-state index in [1.54, 1.807) is 36.8 Å². The van der Waals surface area contributed by atoms with Crippen LogP contribution in [-0.2, 0) is 21.4 Å². The molecule has 1 heterocycles. The average molecular weight is 460 g/mol. The van der Waals surface area contributed by atoms with Gasteiger partial charge in [0.1, 0.15) is 0 Å². The van der Waals surface area contributed by atoms with Gasteiger partial charge in [0.25, 0.3) is 11.8 Å². The molecule has 10 heteroatoms. The Balaban J connectivity index is 1.66. The molecule has 0 radical (unpaired) electrons. The first-order chi connectivity index (χ1) is 14.7. The van der Waals surface area contributed by atoms with E-state index >= 15 is 0 Å². The summed E-state index contributed by atoms with van der Waals surface area (Å²) < 4.78 is 30.2. The molecule has 0 saturated heterocycles. The van der Waals surface area contributed by atoms with E-state index in [-0.39, 0.29) is 5.91 Å². The van der Waals surface area contributed by atoms with Gasteiger partial charge in [0.15, 0.2) is 0 Å². The number of carbonyl (C=O) groups is 2. The molecule has 3 rings (SSSR count). The van der Waals surface area contributed by atoms with Crippen LogP contribution in [0.5, 0.6) is 0 Å². The fourth-order valence-corrected chi connectivity index (χ4v) is 4.09. The first-order valence-electron chi connectivity index (χ1n) is 9.10. The first kappa shape index (κ1) is 22.5. The lowest BCUT2D eigenvalue weighted by Gasteiger charge is -2.07. The van der Waals surface area contributed by atoms with Crippen LogP contribution in [0.3, 0.4) is 0 Å². The van der Waals surface area contributed by atoms with Crippen molar-refractivity contribution in [3.8, 4) is 0 Å². The number of nitrogens with one attached hydrogen (secondary N) is 3. The molecule has 0 spiro atoms. The maximum absolute atomic E-state index is 12.5. The second-order valence-corrected chi connectivity index (χ2v) is 9.36. The Morgan fingerprint density at radius 2 is 1.58 bits per heavy atom. The van der Waals surface area contributed by atoms with Gasteiger partial charge in [-0.15, -0.1) is 11.3 Å². The summed E-state index contributed by atoms with van der Waals surface area (Å²) in [6.45, 7) is 0.438. The van der Waals surface area contributed by atoms with Crippen LogP contribution in [0.15, 0.2) is 60.0 Å². The van der Waals surface area contributed by atoms with E-state index < -0.39 is 15.9 Å². The van der Waals surface area contributed by atoms with Gasteiger partial charge in [0, 0.05) is 23.9 Å². The molecule has 0 atom stereocenters. The molecule has 0 aliphatic heterocycles. The maximum Gasteiger partial charge on any atom is 0.265 e. The van der Waals surface area contributed by atoms with Gasteiger partial charge < -0.3 is 15.4 Å². The number of hydrogen-bond donors (Lipinski definition) is 3. The van der Waals surface area contributed by atoms with Crippen LogP contribution < -0.4 is 15.4 Å². The highest BCUT2D eigenvalue weighted by Crippen LogP contribution is 2.21. The molecule has 0 bridgehead atoms. The minimum absolute atomic E-state index is 0.329. The predicted octanol–water partition coefficient (Wildman–Crippen LogP) is 3.77. The Labute approximate surface area is 184 Å². The number of benzene rings is 2. The van der Waals surface area contributed by atoms with Gasteiger partial charge in [-0.25, -0.2) is 8.42 Å². The zero-order valence-electron chi connectivity index (χ0n) is 16.8. The van der Waals surface area contributed by atoms with Crippen LogP contribution in [0, 0.1) is 0 Å². The highest BCUT2D eigenvalue weighted by Gasteiger charge is 2.15. The van der Waals surface area contributed by atoms with Crippen LogP contribution in [0.25, 0.3) is 0 Å². The topological polar surface area (TPSA) is 114 Å². The van der Waals surface area contributed by atoms with Crippen molar-refractivity contribution >= 4 is 50.2 Å². The van der Waals surface area contributed by atoms with E-state index in [9.17, 15) is 18.0 Å². The Morgan fingerprint density at radius 3 is 2.29 bits per heavy atom. The average Bonchev–Trinajstić information content (AvgIpc) is 3.18. The Bertz CT molecular complexity index is 1200. The number of anilines is 3. The molecule has 31 heavy (non-hydrogen) atoms. The van der Waals surface area contributed by atoms with Crippen molar-refractivity contribution in [3.05, 3.63) is 76.0 Å². The van der Waals surface area contributed by atoms with Crippen LogP contribution in [0.2, 0.25) is 0 Å². The van der Waals surface area contributed by atoms with Crippen molar-refractivity contribution in [3.63, 3.8) is 0 Å². The second-order valence-electron chi connectivity index (χ2n) is 6.70. The minimum atomic E-state index is -3.42. The SMILES string of the molecule is COCc1cccc(NC(=O)c2csc(C(=O)Nc3cccc(NS(C)(=O)=O)c3)c2)c1. The monoisotopic (exact) mass is 459 g/mol. The fraction of sp³-hybridized carbons (Fsp3) is 0.143. The van der Waals surface area contributed by atoms with E-state index in [1.165, 1.54) is 12.1 Å². The van der Waals surface area contributed by atoms with Gasteiger partial charge in [-0.3, -0.25) is 14.3 Å². The smallest absolute Gasteiger partial charge is 0.265 e. The van der Waals surface area contributed by atoms with Gasteiger partial charge in [0.2, 0.25) is 10.0 Å². The second kappa shape index (κ2) is 9.73. The number of methoxy groups -OCH3 is 1. The molecule has 8 nitrogen and oxygen atoms in total. The number of sulfonamides is 1. The molecule has 162 valence electrons. The Hall–Kier alpha value is -3.21. The molecule has 3 N–H and O–H groups in total. The van der Waals surface area contributed by atoms with Gasteiger partial charge in [-0.1, -0.05) is 18.2 Å². The summed E-state index contributed by atoms with van der Waals surface area (Å²) in [7, 11) is -1.83. The number of amides is 2. The summed E-state index contributed by atoms with van der Waals surface area (Å²) in [4.78, 5) is 25.4. The van der Waals surface area contributed by atoms with E-state index in [4.69, 9.17) is 4.74 Å². The lowest BCUT2D eigenvalue weighted by atomic mass is 10.2. The Morgan fingerprint density at radius 1 is 0.935 bits per heavy atom. The maximum atomic E-state index is 12.5. The van der Waals surface area contributed by atoms with Crippen LogP contribution in [-0.4, -0.2) is 33.6 Å². The molecule has 2 amide bonds. The lowest BCUT2D eigenvalue weighted by Crippen LogP contribution is -2.13. The molecule has 0 unspecified atom stereocenters. The summed E-state index contributed by atoms with van der Waals surface area (Å²) in [5.41, 5.74) is 2.68. The predicted molar refractivity (Wildman–Crippen MR) is 122 cm³/mol. The normalized spacial score (nSPS) is 11.0. The zero-order chi connectivity index (χ0) is 22.4. The van der Waals surface area contributed by atoms with E-state index in [0.717, 1.165) is 23.2 Å². The largest absolute Gasteiger partial charge is 0.380 e. The van der Waals surface area contributed by atoms with E-state index in [0.29, 0.717) is 34.1 Å². The number of hydrogen-bond acceptors (Lipinski definition) is 6. The third kappa shape index (κ3) is 6.64. The summed E-state index contributed by atoms with van der Waals surface area (Å²) in [6.07, 6.45) is 1.05. The van der Waals surface area contributed by atoms with Gasteiger partial charge in [-0.2, -0.15) is 0 Å². The first-order valence-corrected chi connectivity index (χ1v) is 11.9. The van der Waals surface area contributed by atoms with Crippen molar-refractivity contribution in [1.82, 2.24) is 0 Å². The molecule has 2 aromatic carbocycles. The lowest BCUT2D eigenvalue weighted by molar-refractivity contribution is 0.102. The molecule has 1 aromatic heterocycles. The van der Waals surface area contributed by atoms with Crippen molar-refractivity contribution in [2.75, 3.05) is 28.7 Å². The van der Waals surface area contributed by atoms with Gasteiger partial charge in [-0.05, 0) is 42.0 Å². The number of thiophene rings is 1. The van der Waals surface area contributed by atoms with E-state index in [2.05, 4.69) is 15.4 Å². The summed E-state index contributed by atoms with van der Waals surface area (Å²) in [6, 6.07) is 15.2. The third-order valence-electron chi connectivity index (χ3n) is 4.00. The van der Waals surface area contributed by atoms with Crippen LogP contribution in [0.4, 0.5) is 17.1 Å². The highest BCUT2D eigenvalue weighted by atomic mass is 32.2. The van der Waals surface area contributed by atoms with E-state index in [1.807, 2.05) is 18.2 Å². The third-order valence-corrected chi connectivity index (χ3v) is 5.54. The summed E-state index contributed by atoms with van der Waals surface area (Å²) in [5.74, 6) is -0.730. The molecule has 0 saturated carbocycles. The molecular formula is C21H21N3O5S2. The molecule has 0 aliphatic carbocycles. The van der Waals surface area contributed by atoms with Crippen molar-refractivity contribution in [1.29, 1.82) is 0 Å². The quantitative estimate of drug-likeness (QED) is 0.475. The Kier molecular flexibility index (Phi) is 7.06. The van der Waals surface area contributed by atoms with Crippen molar-refractivity contribution in [2.45, 2.75) is 6.61 Å². The zero-order valence-corrected chi connectivity index (χ0v) is 18.5. The molecule has 0 aliphatic rings. The van der Waals surface area contributed by atoms with Crippen molar-refractivity contribution in [2.24, 2.45) is 0 Å². The number of ether oxygens (including phenoxy) is 1. The molecular weight excluding hydrogens is 438 g/mol. The van der Waals surface area contributed by atoms with Gasteiger partial charge >= 0.3 is 0 Å². The summed E-state index contributed by atoms with van der Waals surface area (Å²) >= 11 is 1.14. The molecule has 3 aromatic rings. The van der Waals surface area contributed by atoms with Crippen LogP contribution >= 0.6 is 11.3 Å². The molecule has 0 fully saturated rings. The van der Waals surface area contributed by atoms with Crippen LogP contribution in [0.1, 0.15) is 25.6 Å². The highest BCUT2D eigenvalue weighted by molar-refractivity contribution is 7.92. The summed E-state index contributed by atoms with van der Waals surface area (Å²) in [5, 5.41) is 7.10. The van der Waals surface area contributed by atoms with Crippen molar-refractivity contribution < 1.29 is 22.7 Å². The number of rotatable bonds is 8. The number of carbonyl (C=O) groups excluding carboxylic acids is 2. The van der Waals surface area contributed by atoms with Gasteiger partial charge in [0.05, 0.1) is 29.0 Å². The minimum Gasteiger partial charge on any atom is -0.380 e. The fourth-order valence-electron chi connectivity index (χ4n) is 2.75. The standard InChI is InChI=1S/C21H21N3O5S2/c1-29-12-14-5-3-6-16(9-14)22-20(25)15-10-19(30-13-15)21(26)23-17-7-4-8-18(11-17)24-31(2,27)28/h3-11,13,24H,12H2,1-2H3,(H,22,25)(H,23,26).